The van der Waals surface area contributed by atoms with Gasteiger partial charge in [0.2, 0.25) is 0 Å². The number of carbonyl (C=O) groups excluding carboxylic acids is 2. The fourth-order valence-electron chi connectivity index (χ4n) is 2.10. The van der Waals surface area contributed by atoms with Gasteiger partial charge in [0.1, 0.15) is 0 Å². The fourth-order valence-corrected chi connectivity index (χ4v) is 2.10. The van der Waals surface area contributed by atoms with Crippen LogP contribution in [0.2, 0.25) is 0 Å². The first-order valence-corrected chi connectivity index (χ1v) is 5.60. The zero-order chi connectivity index (χ0) is 12.6. The highest BCUT2D eigenvalue weighted by atomic mass is 19.1. The van der Waals surface area contributed by atoms with E-state index in [0.717, 1.165) is 11.1 Å². The number of aryl methyl sites for hydroxylation is 1. The van der Waals surface area contributed by atoms with Gasteiger partial charge in [-0.1, -0.05) is 6.07 Å². The third-order valence-corrected chi connectivity index (χ3v) is 3.17. The molecule has 0 saturated carbocycles. The molecule has 90 valence electrons. The standard InChI is InChI=1S/C13H14FNO2/c1-8-4-5-10-11(9(8)2)15(7-3-6-14)13(17)12(10)16/h4-5H,3,6-7H2,1-2H3. The summed E-state index contributed by atoms with van der Waals surface area (Å²) in [5.74, 6) is -1.02. The smallest absolute Gasteiger partial charge is 0.299 e. The highest BCUT2D eigenvalue weighted by Gasteiger charge is 2.36. The van der Waals surface area contributed by atoms with Crippen molar-refractivity contribution in [2.45, 2.75) is 20.3 Å². The van der Waals surface area contributed by atoms with Crippen molar-refractivity contribution in [2.24, 2.45) is 0 Å². The summed E-state index contributed by atoms with van der Waals surface area (Å²) in [6, 6.07) is 3.51. The van der Waals surface area contributed by atoms with Gasteiger partial charge in [0.25, 0.3) is 11.7 Å². The second kappa shape index (κ2) is 4.28. The number of fused-ring (bicyclic) bond motifs is 1. The minimum atomic E-state index is -0.540. The lowest BCUT2D eigenvalue weighted by molar-refractivity contribution is -0.114. The number of hydrogen-bond acceptors (Lipinski definition) is 2. The van der Waals surface area contributed by atoms with Gasteiger partial charge < -0.3 is 4.90 Å². The van der Waals surface area contributed by atoms with Crippen LogP contribution < -0.4 is 4.90 Å². The van der Waals surface area contributed by atoms with E-state index in [-0.39, 0.29) is 13.0 Å². The van der Waals surface area contributed by atoms with E-state index in [1.54, 1.807) is 6.07 Å². The molecule has 0 aromatic heterocycles. The summed E-state index contributed by atoms with van der Waals surface area (Å²) in [5.41, 5.74) is 3.04. The van der Waals surface area contributed by atoms with Crippen LogP contribution in [0, 0.1) is 13.8 Å². The predicted octanol–water partition coefficient (Wildman–Crippen LogP) is 2.19. The molecule has 0 spiro atoms. The molecule has 0 aliphatic carbocycles. The lowest BCUT2D eigenvalue weighted by Gasteiger charge is -2.18. The molecule has 2 rings (SSSR count). The van der Waals surface area contributed by atoms with Crippen LogP contribution in [0.25, 0.3) is 0 Å². The Morgan fingerprint density at radius 1 is 1.24 bits per heavy atom. The molecule has 0 saturated heterocycles. The van der Waals surface area contributed by atoms with Gasteiger partial charge in [-0.15, -0.1) is 0 Å². The number of ketones is 1. The molecular weight excluding hydrogens is 221 g/mol. The minimum absolute atomic E-state index is 0.256. The Labute approximate surface area is 99.2 Å². The van der Waals surface area contributed by atoms with E-state index in [0.29, 0.717) is 11.3 Å². The summed E-state index contributed by atoms with van der Waals surface area (Å²) in [7, 11) is 0. The topological polar surface area (TPSA) is 37.4 Å². The van der Waals surface area contributed by atoms with E-state index in [2.05, 4.69) is 0 Å². The van der Waals surface area contributed by atoms with Crippen LogP contribution in [-0.2, 0) is 4.79 Å². The number of hydrogen-bond donors (Lipinski definition) is 0. The number of alkyl halides is 1. The first-order chi connectivity index (χ1) is 8.07. The van der Waals surface area contributed by atoms with Crippen molar-refractivity contribution in [1.82, 2.24) is 0 Å². The maximum atomic E-state index is 12.2. The third kappa shape index (κ3) is 1.73. The maximum absolute atomic E-state index is 12.2. The number of anilines is 1. The average Bonchev–Trinajstić information content (AvgIpc) is 2.56. The molecule has 1 aliphatic heterocycles. The van der Waals surface area contributed by atoms with Crippen molar-refractivity contribution >= 4 is 17.4 Å². The third-order valence-electron chi connectivity index (χ3n) is 3.17. The van der Waals surface area contributed by atoms with E-state index >= 15 is 0 Å². The zero-order valence-corrected chi connectivity index (χ0v) is 9.92. The summed E-state index contributed by atoms with van der Waals surface area (Å²) in [6.07, 6.45) is 0.256. The van der Waals surface area contributed by atoms with Gasteiger partial charge in [-0.3, -0.25) is 14.0 Å². The highest BCUT2D eigenvalue weighted by Crippen LogP contribution is 2.33. The quantitative estimate of drug-likeness (QED) is 0.753. The molecule has 0 bridgehead atoms. The second-order valence-corrected chi connectivity index (χ2v) is 4.23. The predicted molar refractivity (Wildman–Crippen MR) is 63.2 cm³/mol. The number of carbonyl (C=O) groups is 2. The molecule has 1 aromatic carbocycles. The lowest BCUT2D eigenvalue weighted by atomic mass is 10.0. The van der Waals surface area contributed by atoms with Gasteiger partial charge >= 0.3 is 0 Å². The number of Topliss-reactive ketones (excluding diaryl/α,β-unsaturated/α-hetero) is 1. The first kappa shape index (κ1) is 11.8. The van der Waals surface area contributed by atoms with Crippen LogP contribution in [-0.4, -0.2) is 24.9 Å². The van der Waals surface area contributed by atoms with E-state index in [1.165, 1.54) is 4.90 Å². The number of amides is 1. The Morgan fingerprint density at radius 2 is 1.94 bits per heavy atom. The Morgan fingerprint density at radius 3 is 2.59 bits per heavy atom. The van der Waals surface area contributed by atoms with E-state index in [9.17, 15) is 14.0 Å². The molecular formula is C13H14FNO2. The SMILES string of the molecule is Cc1ccc2c(c1C)N(CCCF)C(=O)C2=O. The van der Waals surface area contributed by atoms with Gasteiger partial charge in [-0.25, -0.2) is 0 Å². The summed E-state index contributed by atoms with van der Waals surface area (Å²) in [6.45, 7) is 3.58. The molecule has 1 aliphatic rings. The molecule has 1 aromatic rings. The number of benzene rings is 1. The first-order valence-electron chi connectivity index (χ1n) is 5.60. The molecule has 1 heterocycles. The van der Waals surface area contributed by atoms with Crippen molar-refractivity contribution in [1.29, 1.82) is 0 Å². The molecule has 0 unspecified atom stereocenters. The molecule has 4 heteroatoms. The van der Waals surface area contributed by atoms with Crippen LogP contribution in [0.15, 0.2) is 12.1 Å². The number of nitrogens with zero attached hydrogens (tertiary/aromatic N) is 1. The van der Waals surface area contributed by atoms with Crippen molar-refractivity contribution < 1.29 is 14.0 Å². The Hall–Kier alpha value is -1.71. The van der Waals surface area contributed by atoms with Gasteiger partial charge in [-0.2, -0.15) is 0 Å². The average molecular weight is 235 g/mol. The van der Waals surface area contributed by atoms with Gasteiger partial charge in [0, 0.05) is 6.54 Å². The molecule has 0 radical (unpaired) electrons. The minimum Gasteiger partial charge on any atom is -0.304 e. The van der Waals surface area contributed by atoms with Crippen LogP contribution >= 0.6 is 0 Å². The largest absolute Gasteiger partial charge is 0.304 e. The van der Waals surface area contributed by atoms with E-state index in [1.807, 2.05) is 19.9 Å². The van der Waals surface area contributed by atoms with Crippen molar-refractivity contribution in [3.63, 3.8) is 0 Å². The van der Waals surface area contributed by atoms with Gasteiger partial charge in [0.15, 0.2) is 0 Å². The number of halogens is 1. The molecule has 17 heavy (non-hydrogen) atoms. The van der Waals surface area contributed by atoms with Gasteiger partial charge in [-0.05, 0) is 37.5 Å². The summed E-state index contributed by atoms with van der Waals surface area (Å²) < 4.78 is 12.2. The zero-order valence-electron chi connectivity index (χ0n) is 9.92. The molecule has 1 amide bonds. The molecule has 0 fully saturated rings. The summed E-state index contributed by atoms with van der Waals surface area (Å²) in [4.78, 5) is 24.9. The number of rotatable bonds is 3. The molecule has 0 atom stereocenters. The highest BCUT2D eigenvalue weighted by molar-refractivity contribution is 6.52. The van der Waals surface area contributed by atoms with Gasteiger partial charge in [0.05, 0.1) is 17.9 Å². The Kier molecular flexibility index (Phi) is 2.96. The van der Waals surface area contributed by atoms with Crippen LogP contribution in [0.5, 0.6) is 0 Å². The van der Waals surface area contributed by atoms with Crippen molar-refractivity contribution in [3.05, 3.63) is 28.8 Å². The van der Waals surface area contributed by atoms with E-state index < -0.39 is 18.4 Å². The molecule has 0 N–H and O–H groups in total. The summed E-state index contributed by atoms with van der Waals surface area (Å²) in [5, 5.41) is 0. The van der Waals surface area contributed by atoms with Crippen molar-refractivity contribution in [3.8, 4) is 0 Å². The second-order valence-electron chi connectivity index (χ2n) is 4.23. The Bertz CT molecular complexity index is 496. The normalized spacial score (nSPS) is 14.4. The van der Waals surface area contributed by atoms with E-state index in [4.69, 9.17) is 0 Å². The maximum Gasteiger partial charge on any atom is 0.299 e. The Balaban J connectivity index is 2.50. The monoisotopic (exact) mass is 235 g/mol. The van der Waals surface area contributed by atoms with Crippen molar-refractivity contribution in [2.75, 3.05) is 18.1 Å². The van der Waals surface area contributed by atoms with Crippen LogP contribution in [0.3, 0.4) is 0 Å². The van der Waals surface area contributed by atoms with Crippen LogP contribution in [0.4, 0.5) is 10.1 Å². The van der Waals surface area contributed by atoms with Crippen LogP contribution in [0.1, 0.15) is 27.9 Å². The summed E-state index contributed by atoms with van der Waals surface area (Å²) >= 11 is 0. The lowest BCUT2D eigenvalue weighted by Crippen LogP contribution is -2.31. The molecule has 3 nitrogen and oxygen atoms in total. The fraction of sp³-hybridized carbons (Fsp3) is 0.385.